The molecule has 0 unspecified atom stereocenters. The highest BCUT2D eigenvalue weighted by atomic mass is 16.5. The normalized spacial score (nSPS) is 26.3. The Morgan fingerprint density at radius 1 is 1.40 bits per heavy atom. The molecule has 0 aromatic heterocycles. The molecular formula is C11H21NO3. The minimum Gasteiger partial charge on any atom is -0.393 e. The number of nitrogens with one attached hydrogen (secondary N) is 1. The van der Waals surface area contributed by atoms with Crippen LogP contribution < -0.4 is 5.32 Å². The number of aliphatic hydroxyl groups excluding tert-OH is 1. The van der Waals surface area contributed by atoms with Crippen molar-refractivity contribution in [3.05, 3.63) is 0 Å². The van der Waals surface area contributed by atoms with E-state index in [-0.39, 0.29) is 24.7 Å². The largest absolute Gasteiger partial charge is 0.393 e. The topological polar surface area (TPSA) is 58.6 Å². The van der Waals surface area contributed by atoms with E-state index < -0.39 is 0 Å². The molecule has 88 valence electrons. The number of rotatable bonds is 5. The summed E-state index contributed by atoms with van der Waals surface area (Å²) in [4.78, 5) is 11.2. The number of aliphatic hydroxyl groups is 1. The lowest BCUT2D eigenvalue weighted by molar-refractivity contribution is -0.128. The zero-order chi connectivity index (χ0) is 11.1. The maximum Gasteiger partial charge on any atom is 0.246 e. The van der Waals surface area contributed by atoms with Gasteiger partial charge in [-0.1, -0.05) is 6.92 Å². The fourth-order valence-corrected chi connectivity index (χ4v) is 1.72. The van der Waals surface area contributed by atoms with Gasteiger partial charge in [-0.15, -0.1) is 0 Å². The quantitative estimate of drug-likeness (QED) is 0.714. The van der Waals surface area contributed by atoms with Crippen LogP contribution in [0.1, 0.15) is 39.0 Å². The van der Waals surface area contributed by atoms with Gasteiger partial charge < -0.3 is 15.2 Å². The van der Waals surface area contributed by atoms with Gasteiger partial charge in [0.05, 0.1) is 12.2 Å². The van der Waals surface area contributed by atoms with E-state index in [1.165, 1.54) is 0 Å². The van der Waals surface area contributed by atoms with Crippen LogP contribution in [0.5, 0.6) is 0 Å². The fourth-order valence-electron chi connectivity index (χ4n) is 1.72. The first-order valence-corrected chi connectivity index (χ1v) is 5.78. The van der Waals surface area contributed by atoms with Gasteiger partial charge in [-0.25, -0.2) is 0 Å². The number of hydrogen-bond acceptors (Lipinski definition) is 3. The number of amides is 1. The van der Waals surface area contributed by atoms with Gasteiger partial charge in [0.25, 0.3) is 0 Å². The average Bonchev–Trinajstić information content (AvgIpc) is 2.25. The Labute approximate surface area is 91.0 Å². The smallest absolute Gasteiger partial charge is 0.246 e. The summed E-state index contributed by atoms with van der Waals surface area (Å²) < 4.78 is 5.47. The van der Waals surface area contributed by atoms with Crippen LogP contribution in [-0.2, 0) is 9.53 Å². The molecule has 0 atom stereocenters. The molecule has 1 amide bonds. The first-order valence-electron chi connectivity index (χ1n) is 5.78. The maximum atomic E-state index is 11.2. The summed E-state index contributed by atoms with van der Waals surface area (Å²) >= 11 is 0. The minimum absolute atomic E-state index is 0.0389. The van der Waals surface area contributed by atoms with Crippen molar-refractivity contribution in [1.29, 1.82) is 0 Å². The van der Waals surface area contributed by atoms with Gasteiger partial charge in [0.2, 0.25) is 5.91 Å². The van der Waals surface area contributed by atoms with Crippen molar-refractivity contribution in [2.45, 2.75) is 51.2 Å². The molecule has 1 aliphatic carbocycles. The highest BCUT2D eigenvalue weighted by molar-refractivity contribution is 5.77. The summed E-state index contributed by atoms with van der Waals surface area (Å²) in [5.41, 5.74) is 0. The first kappa shape index (κ1) is 12.5. The fraction of sp³-hybridized carbons (Fsp3) is 0.909. The van der Waals surface area contributed by atoms with E-state index in [4.69, 9.17) is 4.74 Å². The molecule has 0 aliphatic heterocycles. The van der Waals surface area contributed by atoms with E-state index in [9.17, 15) is 9.90 Å². The molecule has 1 rings (SSSR count). The molecular weight excluding hydrogens is 194 g/mol. The molecule has 1 aliphatic rings. The third kappa shape index (κ3) is 5.14. The van der Waals surface area contributed by atoms with Crippen molar-refractivity contribution in [2.75, 3.05) is 13.2 Å². The number of hydrogen-bond donors (Lipinski definition) is 2. The van der Waals surface area contributed by atoms with Crippen LogP contribution in [0.2, 0.25) is 0 Å². The van der Waals surface area contributed by atoms with Crippen molar-refractivity contribution in [1.82, 2.24) is 5.32 Å². The van der Waals surface area contributed by atoms with E-state index in [0.717, 1.165) is 32.1 Å². The Bertz CT molecular complexity index is 188. The number of ether oxygens (including phenoxy) is 1. The monoisotopic (exact) mass is 215 g/mol. The minimum atomic E-state index is -0.168. The maximum absolute atomic E-state index is 11.2. The Morgan fingerprint density at radius 3 is 2.67 bits per heavy atom. The predicted molar refractivity (Wildman–Crippen MR) is 57.5 cm³/mol. The predicted octanol–water partition coefficient (Wildman–Crippen LogP) is 0.833. The summed E-state index contributed by atoms with van der Waals surface area (Å²) in [6.45, 7) is 2.88. The van der Waals surface area contributed by atoms with Crippen LogP contribution in [-0.4, -0.2) is 36.4 Å². The molecule has 4 heteroatoms. The highest BCUT2D eigenvalue weighted by Gasteiger charge is 2.20. The molecule has 0 aromatic carbocycles. The Morgan fingerprint density at radius 2 is 2.07 bits per heavy atom. The number of carbonyl (C=O) groups excluding carboxylic acids is 1. The lowest BCUT2D eigenvalue weighted by atomic mass is 9.95. The lowest BCUT2D eigenvalue weighted by Gasteiger charge is -2.25. The second-order valence-corrected chi connectivity index (χ2v) is 4.09. The summed E-state index contributed by atoms with van der Waals surface area (Å²) in [5.74, 6) is -0.0389. The van der Waals surface area contributed by atoms with E-state index >= 15 is 0 Å². The lowest BCUT2D eigenvalue weighted by Crippen LogP contribution is -2.32. The summed E-state index contributed by atoms with van der Waals surface area (Å²) in [7, 11) is 0. The highest BCUT2D eigenvalue weighted by Crippen LogP contribution is 2.20. The van der Waals surface area contributed by atoms with Crippen LogP contribution in [0.4, 0.5) is 0 Å². The van der Waals surface area contributed by atoms with Crippen LogP contribution in [0.25, 0.3) is 0 Å². The molecule has 0 heterocycles. The third-order valence-corrected chi connectivity index (χ3v) is 2.67. The zero-order valence-corrected chi connectivity index (χ0v) is 9.37. The Balaban J connectivity index is 2.06. The van der Waals surface area contributed by atoms with Gasteiger partial charge in [-0.3, -0.25) is 4.79 Å². The second kappa shape index (κ2) is 6.80. The summed E-state index contributed by atoms with van der Waals surface area (Å²) in [6, 6.07) is 0. The summed E-state index contributed by atoms with van der Waals surface area (Å²) in [5, 5.41) is 12.1. The van der Waals surface area contributed by atoms with E-state index in [0.29, 0.717) is 6.54 Å². The number of carbonyl (C=O) groups is 1. The Kier molecular flexibility index (Phi) is 5.65. The van der Waals surface area contributed by atoms with E-state index in [1.54, 1.807) is 0 Å². The molecule has 0 aromatic rings. The molecule has 0 spiro atoms. The molecule has 1 saturated carbocycles. The van der Waals surface area contributed by atoms with Gasteiger partial charge in [-0.05, 0) is 32.1 Å². The SMILES string of the molecule is CCCNC(=O)COC1CCC(O)CC1. The molecule has 4 nitrogen and oxygen atoms in total. The molecule has 2 N–H and O–H groups in total. The van der Waals surface area contributed by atoms with Crippen LogP contribution in [0.15, 0.2) is 0 Å². The van der Waals surface area contributed by atoms with E-state index in [2.05, 4.69) is 5.32 Å². The molecule has 0 radical (unpaired) electrons. The van der Waals surface area contributed by atoms with Gasteiger partial charge in [0, 0.05) is 6.54 Å². The standard InChI is InChI=1S/C11H21NO3/c1-2-7-12-11(14)8-15-10-5-3-9(13)4-6-10/h9-10,13H,2-8H2,1H3,(H,12,14). The molecule has 15 heavy (non-hydrogen) atoms. The van der Waals surface area contributed by atoms with Crippen LogP contribution >= 0.6 is 0 Å². The van der Waals surface area contributed by atoms with Crippen molar-refractivity contribution in [3.8, 4) is 0 Å². The van der Waals surface area contributed by atoms with Gasteiger partial charge >= 0.3 is 0 Å². The van der Waals surface area contributed by atoms with Gasteiger partial charge in [-0.2, -0.15) is 0 Å². The zero-order valence-electron chi connectivity index (χ0n) is 9.37. The van der Waals surface area contributed by atoms with Crippen molar-refractivity contribution < 1.29 is 14.6 Å². The molecule has 0 bridgehead atoms. The average molecular weight is 215 g/mol. The van der Waals surface area contributed by atoms with E-state index in [1.807, 2.05) is 6.92 Å². The molecule has 1 fully saturated rings. The van der Waals surface area contributed by atoms with Gasteiger partial charge in [0.1, 0.15) is 6.61 Å². The first-order chi connectivity index (χ1) is 7.22. The third-order valence-electron chi connectivity index (χ3n) is 2.67. The van der Waals surface area contributed by atoms with Crippen LogP contribution in [0, 0.1) is 0 Å². The van der Waals surface area contributed by atoms with Gasteiger partial charge in [0.15, 0.2) is 0 Å². The van der Waals surface area contributed by atoms with Crippen molar-refractivity contribution >= 4 is 5.91 Å². The second-order valence-electron chi connectivity index (χ2n) is 4.09. The van der Waals surface area contributed by atoms with Crippen molar-refractivity contribution in [3.63, 3.8) is 0 Å². The molecule has 0 saturated heterocycles. The van der Waals surface area contributed by atoms with Crippen molar-refractivity contribution in [2.24, 2.45) is 0 Å². The summed E-state index contributed by atoms with van der Waals surface area (Å²) in [6.07, 6.45) is 4.24. The Hall–Kier alpha value is -0.610. The van der Waals surface area contributed by atoms with Crippen LogP contribution in [0.3, 0.4) is 0 Å².